The number of nitrogens with one attached hydrogen (secondary N) is 1. The molecule has 0 aromatic heterocycles. The Hall–Kier alpha value is -1.06. The Bertz CT molecular complexity index is 332. The maximum absolute atomic E-state index is 12.4. The molecule has 2 aliphatic carbocycles. The summed E-state index contributed by atoms with van der Waals surface area (Å²) in [6, 6.07) is 0.113. The zero-order valence-corrected chi connectivity index (χ0v) is 10.2. The molecule has 2 amide bonds. The van der Waals surface area contributed by atoms with Crippen LogP contribution >= 0.6 is 0 Å². The normalized spacial score (nSPS) is 31.5. The summed E-state index contributed by atoms with van der Waals surface area (Å²) in [5.74, 6) is 0.629. The fourth-order valence-electron chi connectivity index (χ4n) is 3.14. The molecular weight excluding hydrogens is 216 g/mol. The Morgan fingerprint density at radius 1 is 1.00 bits per heavy atom. The van der Waals surface area contributed by atoms with E-state index in [2.05, 4.69) is 5.32 Å². The standard InChI is InChI=1S/C13H20N2O2/c16-11-8-15(10-4-2-1-3-5-10)13(17)12(14-11)9-6-7-9/h9-10,12H,1-8H2,(H,14,16). The fraction of sp³-hybridized carbons (Fsp3) is 0.846. The topological polar surface area (TPSA) is 49.4 Å². The van der Waals surface area contributed by atoms with E-state index in [-0.39, 0.29) is 24.4 Å². The molecule has 94 valence electrons. The number of rotatable bonds is 2. The van der Waals surface area contributed by atoms with Crippen molar-refractivity contribution in [2.45, 2.75) is 57.0 Å². The second kappa shape index (κ2) is 4.31. The highest BCUT2D eigenvalue weighted by Crippen LogP contribution is 2.35. The van der Waals surface area contributed by atoms with E-state index in [4.69, 9.17) is 0 Å². The third-order valence-corrected chi connectivity index (χ3v) is 4.29. The van der Waals surface area contributed by atoms with E-state index in [1.165, 1.54) is 19.3 Å². The molecule has 4 nitrogen and oxygen atoms in total. The van der Waals surface area contributed by atoms with E-state index >= 15 is 0 Å². The van der Waals surface area contributed by atoms with Crippen molar-refractivity contribution in [3.05, 3.63) is 0 Å². The van der Waals surface area contributed by atoms with Crippen LogP contribution in [0.25, 0.3) is 0 Å². The van der Waals surface area contributed by atoms with Crippen LogP contribution in [-0.2, 0) is 9.59 Å². The van der Waals surface area contributed by atoms with Gasteiger partial charge < -0.3 is 10.2 Å². The number of carbonyl (C=O) groups excluding carboxylic acids is 2. The van der Waals surface area contributed by atoms with E-state index in [0.29, 0.717) is 12.0 Å². The molecule has 17 heavy (non-hydrogen) atoms. The van der Waals surface area contributed by atoms with Crippen LogP contribution in [0.4, 0.5) is 0 Å². The molecule has 1 heterocycles. The largest absolute Gasteiger partial charge is 0.342 e. The summed E-state index contributed by atoms with van der Waals surface area (Å²) in [5, 5.41) is 2.87. The Labute approximate surface area is 102 Å². The van der Waals surface area contributed by atoms with Gasteiger partial charge in [0.1, 0.15) is 6.04 Å². The summed E-state index contributed by atoms with van der Waals surface area (Å²) in [5.41, 5.74) is 0. The predicted octanol–water partition coefficient (Wildman–Crippen LogP) is 1.06. The van der Waals surface area contributed by atoms with Gasteiger partial charge in [-0.15, -0.1) is 0 Å². The van der Waals surface area contributed by atoms with Crippen LogP contribution in [0.15, 0.2) is 0 Å². The summed E-state index contributed by atoms with van der Waals surface area (Å²) in [7, 11) is 0. The zero-order chi connectivity index (χ0) is 11.8. The molecule has 1 atom stereocenters. The lowest BCUT2D eigenvalue weighted by Gasteiger charge is -2.39. The van der Waals surface area contributed by atoms with E-state index < -0.39 is 0 Å². The van der Waals surface area contributed by atoms with Gasteiger partial charge in [0.25, 0.3) is 0 Å². The molecule has 1 unspecified atom stereocenters. The smallest absolute Gasteiger partial charge is 0.246 e. The van der Waals surface area contributed by atoms with Crippen LogP contribution in [0.1, 0.15) is 44.9 Å². The number of hydrogen-bond acceptors (Lipinski definition) is 2. The lowest BCUT2D eigenvalue weighted by molar-refractivity contribution is -0.147. The highest BCUT2D eigenvalue weighted by atomic mass is 16.2. The monoisotopic (exact) mass is 236 g/mol. The van der Waals surface area contributed by atoms with Crippen LogP contribution in [0, 0.1) is 5.92 Å². The van der Waals surface area contributed by atoms with Crippen molar-refractivity contribution in [3.63, 3.8) is 0 Å². The highest BCUT2D eigenvalue weighted by Gasteiger charge is 2.44. The minimum absolute atomic E-state index is 0.0343. The van der Waals surface area contributed by atoms with Crippen LogP contribution < -0.4 is 5.32 Å². The first kappa shape index (κ1) is 11.1. The molecule has 0 bridgehead atoms. The Balaban J connectivity index is 1.72. The van der Waals surface area contributed by atoms with Crippen molar-refractivity contribution < 1.29 is 9.59 Å². The molecule has 1 aliphatic heterocycles. The summed E-state index contributed by atoms with van der Waals surface area (Å²) in [6.07, 6.45) is 8.02. The first-order chi connectivity index (χ1) is 8.25. The summed E-state index contributed by atoms with van der Waals surface area (Å²) in [4.78, 5) is 25.9. The Kier molecular flexibility index (Phi) is 2.81. The quantitative estimate of drug-likeness (QED) is 0.779. The van der Waals surface area contributed by atoms with Gasteiger partial charge in [-0.3, -0.25) is 9.59 Å². The van der Waals surface area contributed by atoms with Crippen molar-refractivity contribution >= 4 is 11.8 Å². The summed E-state index contributed by atoms with van der Waals surface area (Å²) >= 11 is 0. The maximum Gasteiger partial charge on any atom is 0.246 e. The number of carbonyl (C=O) groups is 2. The number of amides is 2. The van der Waals surface area contributed by atoms with Gasteiger partial charge in [-0.1, -0.05) is 19.3 Å². The molecule has 3 rings (SSSR count). The number of piperazine rings is 1. The molecule has 1 saturated heterocycles. The van der Waals surface area contributed by atoms with Crippen molar-refractivity contribution in [1.82, 2.24) is 10.2 Å². The van der Waals surface area contributed by atoms with Gasteiger partial charge in [-0.2, -0.15) is 0 Å². The van der Waals surface area contributed by atoms with Gasteiger partial charge in [-0.25, -0.2) is 0 Å². The number of nitrogens with zero attached hydrogens (tertiary/aromatic N) is 1. The van der Waals surface area contributed by atoms with Crippen molar-refractivity contribution in [2.75, 3.05) is 6.54 Å². The van der Waals surface area contributed by atoms with Gasteiger partial charge in [0, 0.05) is 6.04 Å². The SMILES string of the molecule is O=C1CN(C2CCCCC2)C(=O)C(C2CC2)N1. The molecule has 0 radical (unpaired) electrons. The number of hydrogen-bond donors (Lipinski definition) is 1. The van der Waals surface area contributed by atoms with Crippen LogP contribution in [0.2, 0.25) is 0 Å². The molecule has 0 aromatic rings. The second-order valence-corrected chi connectivity index (χ2v) is 5.64. The van der Waals surface area contributed by atoms with E-state index in [0.717, 1.165) is 25.7 Å². The van der Waals surface area contributed by atoms with Crippen molar-refractivity contribution in [2.24, 2.45) is 5.92 Å². The van der Waals surface area contributed by atoms with Gasteiger partial charge in [0.15, 0.2) is 0 Å². The zero-order valence-electron chi connectivity index (χ0n) is 10.2. The third kappa shape index (κ3) is 2.17. The predicted molar refractivity (Wildman–Crippen MR) is 63.2 cm³/mol. The average molecular weight is 236 g/mol. The van der Waals surface area contributed by atoms with Crippen molar-refractivity contribution in [3.8, 4) is 0 Å². The lowest BCUT2D eigenvalue weighted by Crippen LogP contribution is -2.61. The van der Waals surface area contributed by atoms with Crippen molar-refractivity contribution in [1.29, 1.82) is 0 Å². The lowest BCUT2D eigenvalue weighted by atomic mass is 9.92. The van der Waals surface area contributed by atoms with Gasteiger partial charge in [0.2, 0.25) is 11.8 Å². The molecule has 1 N–H and O–H groups in total. The molecule has 4 heteroatoms. The fourth-order valence-corrected chi connectivity index (χ4v) is 3.14. The molecule has 3 fully saturated rings. The van der Waals surface area contributed by atoms with Crippen LogP contribution in [-0.4, -0.2) is 35.3 Å². The molecule has 2 saturated carbocycles. The first-order valence-corrected chi connectivity index (χ1v) is 6.85. The minimum Gasteiger partial charge on any atom is -0.342 e. The minimum atomic E-state index is -0.210. The first-order valence-electron chi connectivity index (χ1n) is 6.85. The Morgan fingerprint density at radius 3 is 2.35 bits per heavy atom. The van der Waals surface area contributed by atoms with Gasteiger partial charge in [0.05, 0.1) is 6.54 Å². The van der Waals surface area contributed by atoms with Crippen LogP contribution in [0.3, 0.4) is 0 Å². The van der Waals surface area contributed by atoms with E-state index in [1.54, 1.807) is 0 Å². The van der Waals surface area contributed by atoms with Crippen LogP contribution in [0.5, 0.6) is 0 Å². The van der Waals surface area contributed by atoms with E-state index in [1.807, 2.05) is 4.90 Å². The van der Waals surface area contributed by atoms with Gasteiger partial charge in [-0.05, 0) is 31.6 Å². The third-order valence-electron chi connectivity index (χ3n) is 4.29. The molecule has 0 spiro atoms. The average Bonchev–Trinajstić information content (AvgIpc) is 3.17. The molecule has 0 aromatic carbocycles. The second-order valence-electron chi connectivity index (χ2n) is 5.64. The maximum atomic E-state index is 12.4. The van der Waals surface area contributed by atoms with Gasteiger partial charge >= 0.3 is 0 Å². The molecular formula is C13H20N2O2. The summed E-state index contributed by atoms with van der Waals surface area (Å²) < 4.78 is 0. The Morgan fingerprint density at radius 2 is 1.71 bits per heavy atom. The summed E-state index contributed by atoms with van der Waals surface area (Å²) in [6.45, 7) is 0.284. The molecule has 3 aliphatic rings. The van der Waals surface area contributed by atoms with E-state index in [9.17, 15) is 9.59 Å². The highest BCUT2D eigenvalue weighted by molar-refractivity contribution is 5.95.